The predicted octanol–water partition coefficient (Wildman–Crippen LogP) is 3.62. The summed E-state index contributed by atoms with van der Waals surface area (Å²) in [6, 6.07) is 11.3. The zero-order valence-corrected chi connectivity index (χ0v) is 16.0. The number of anilines is 2. The van der Waals surface area contributed by atoms with Crippen LogP contribution in [0.15, 0.2) is 36.4 Å². The highest BCUT2D eigenvalue weighted by molar-refractivity contribution is 5.95. The molecule has 0 atom stereocenters. The second-order valence-corrected chi connectivity index (χ2v) is 6.62. The molecule has 27 heavy (non-hydrogen) atoms. The van der Waals surface area contributed by atoms with E-state index in [4.69, 9.17) is 4.74 Å². The second kappa shape index (κ2) is 8.12. The molecule has 0 saturated carbocycles. The van der Waals surface area contributed by atoms with Gasteiger partial charge in [0, 0.05) is 25.2 Å². The quantitative estimate of drug-likeness (QED) is 0.848. The fraction of sp³-hybridized carbons (Fsp3) is 0.333. The van der Waals surface area contributed by atoms with Crippen molar-refractivity contribution in [1.29, 1.82) is 0 Å². The molecule has 0 saturated heterocycles. The fourth-order valence-electron chi connectivity index (χ4n) is 3.28. The van der Waals surface area contributed by atoms with Crippen LogP contribution in [0, 0.1) is 6.92 Å². The van der Waals surface area contributed by atoms with Gasteiger partial charge in [-0.1, -0.05) is 25.1 Å². The molecular formula is C21H25N3O3. The van der Waals surface area contributed by atoms with Gasteiger partial charge in [-0.3, -0.25) is 4.79 Å². The lowest BCUT2D eigenvalue weighted by molar-refractivity contribution is -0.118. The molecule has 0 fully saturated rings. The maximum atomic E-state index is 12.2. The van der Waals surface area contributed by atoms with Crippen molar-refractivity contribution in [3.05, 3.63) is 53.1 Å². The predicted molar refractivity (Wildman–Crippen MR) is 106 cm³/mol. The molecule has 142 valence electrons. The number of rotatable bonds is 5. The summed E-state index contributed by atoms with van der Waals surface area (Å²) in [7, 11) is 1.57. The van der Waals surface area contributed by atoms with E-state index in [1.165, 1.54) is 0 Å². The number of hydrogen-bond acceptors (Lipinski definition) is 3. The number of carbonyl (C=O) groups is 2. The standard InChI is InChI=1S/C21H25N3O3/c1-4-20(25)24-10-9-16-12-15(6-7-18(16)24)13-22-21(26)23-17-11-14(2)5-8-19(17)27-3/h5-8,11-12H,4,9-10,13H2,1-3H3,(H2,22,23,26). The van der Waals surface area contributed by atoms with Gasteiger partial charge >= 0.3 is 6.03 Å². The van der Waals surface area contributed by atoms with Crippen molar-refractivity contribution >= 4 is 23.3 Å². The average molecular weight is 367 g/mol. The van der Waals surface area contributed by atoms with Crippen LogP contribution in [0.25, 0.3) is 0 Å². The number of amides is 3. The number of carbonyl (C=O) groups excluding carboxylic acids is 2. The third kappa shape index (κ3) is 4.22. The number of hydrogen-bond donors (Lipinski definition) is 2. The summed E-state index contributed by atoms with van der Waals surface area (Å²) >= 11 is 0. The maximum absolute atomic E-state index is 12.2. The van der Waals surface area contributed by atoms with Crippen molar-refractivity contribution in [1.82, 2.24) is 5.32 Å². The zero-order valence-electron chi connectivity index (χ0n) is 16.0. The fourth-order valence-corrected chi connectivity index (χ4v) is 3.28. The topological polar surface area (TPSA) is 70.7 Å². The van der Waals surface area contributed by atoms with Crippen LogP contribution in [-0.2, 0) is 17.8 Å². The number of nitrogens with zero attached hydrogens (tertiary/aromatic N) is 1. The smallest absolute Gasteiger partial charge is 0.319 e. The molecule has 2 aromatic carbocycles. The third-order valence-electron chi connectivity index (χ3n) is 4.70. The Bertz CT molecular complexity index is 864. The van der Waals surface area contributed by atoms with E-state index in [0.29, 0.717) is 24.4 Å². The molecule has 2 aromatic rings. The molecule has 1 heterocycles. The second-order valence-electron chi connectivity index (χ2n) is 6.62. The summed E-state index contributed by atoms with van der Waals surface area (Å²) in [5.41, 5.74) is 4.82. The van der Waals surface area contributed by atoms with Crippen LogP contribution >= 0.6 is 0 Å². The molecule has 6 heteroatoms. The van der Waals surface area contributed by atoms with E-state index in [1.807, 2.05) is 49.1 Å². The van der Waals surface area contributed by atoms with Gasteiger partial charge in [0.2, 0.25) is 5.91 Å². The van der Waals surface area contributed by atoms with Crippen molar-refractivity contribution in [3.8, 4) is 5.75 Å². The van der Waals surface area contributed by atoms with E-state index < -0.39 is 0 Å². The number of urea groups is 1. The van der Waals surface area contributed by atoms with Crippen LogP contribution in [0.1, 0.15) is 30.0 Å². The van der Waals surface area contributed by atoms with Gasteiger partial charge in [-0.15, -0.1) is 0 Å². The van der Waals surface area contributed by atoms with Gasteiger partial charge in [0.25, 0.3) is 0 Å². The number of methoxy groups -OCH3 is 1. The molecule has 0 spiro atoms. The van der Waals surface area contributed by atoms with E-state index in [-0.39, 0.29) is 11.9 Å². The highest BCUT2D eigenvalue weighted by Gasteiger charge is 2.23. The number of benzene rings is 2. The van der Waals surface area contributed by atoms with Gasteiger partial charge in [-0.2, -0.15) is 0 Å². The van der Waals surface area contributed by atoms with Crippen LogP contribution in [0.4, 0.5) is 16.2 Å². The summed E-state index contributed by atoms with van der Waals surface area (Å²) in [6.45, 7) is 4.97. The normalized spacial score (nSPS) is 12.5. The van der Waals surface area contributed by atoms with Gasteiger partial charge in [0.15, 0.2) is 0 Å². The van der Waals surface area contributed by atoms with Gasteiger partial charge in [-0.25, -0.2) is 4.79 Å². The van der Waals surface area contributed by atoms with Crippen molar-refractivity contribution < 1.29 is 14.3 Å². The molecule has 3 rings (SSSR count). The van der Waals surface area contributed by atoms with Gasteiger partial charge in [-0.05, 0) is 48.2 Å². The first-order valence-corrected chi connectivity index (χ1v) is 9.13. The number of aryl methyl sites for hydroxylation is 1. The van der Waals surface area contributed by atoms with Gasteiger partial charge < -0.3 is 20.3 Å². The Labute approximate surface area is 159 Å². The number of fused-ring (bicyclic) bond motifs is 1. The first-order valence-electron chi connectivity index (χ1n) is 9.13. The minimum Gasteiger partial charge on any atom is -0.495 e. The molecule has 0 unspecified atom stereocenters. The largest absolute Gasteiger partial charge is 0.495 e. The summed E-state index contributed by atoms with van der Waals surface area (Å²) in [5.74, 6) is 0.764. The lowest BCUT2D eigenvalue weighted by Crippen LogP contribution is -2.28. The first-order chi connectivity index (χ1) is 13.0. The monoisotopic (exact) mass is 367 g/mol. The van der Waals surface area contributed by atoms with Gasteiger partial charge in [0.1, 0.15) is 5.75 Å². The zero-order chi connectivity index (χ0) is 19.4. The van der Waals surface area contributed by atoms with E-state index in [9.17, 15) is 9.59 Å². The van der Waals surface area contributed by atoms with Gasteiger partial charge in [0.05, 0.1) is 12.8 Å². The van der Waals surface area contributed by atoms with Crippen molar-refractivity contribution in [2.24, 2.45) is 0 Å². The van der Waals surface area contributed by atoms with E-state index >= 15 is 0 Å². The molecule has 6 nitrogen and oxygen atoms in total. The van der Waals surface area contributed by atoms with Crippen molar-refractivity contribution in [2.75, 3.05) is 23.9 Å². The number of ether oxygens (including phenoxy) is 1. The molecule has 1 aliphatic rings. The molecule has 2 N–H and O–H groups in total. The van der Waals surface area contributed by atoms with Crippen LogP contribution in [0.5, 0.6) is 5.75 Å². The number of nitrogens with one attached hydrogen (secondary N) is 2. The molecule has 0 aromatic heterocycles. The van der Waals surface area contributed by atoms with Crippen LogP contribution < -0.4 is 20.3 Å². The van der Waals surface area contributed by atoms with E-state index in [0.717, 1.165) is 35.3 Å². The Hall–Kier alpha value is -3.02. The third-order valence-corrected chi connectivity index (χ3v) is 4.70. The minimum atomic E-state index is -0.290. The molecule has 1 aliphatic heterocycles. The van der Waals surface area contributed by atoms with Crippen molar-refractivity contribution in [2.45, 2.75) is 33.2 Å². The molecule has 0 bridgehead atoms. The molecular weight excluding hydrogens is 342 g/mol. The summed E-state index contributed by atoms with van der Waals surface area (Å²) in [5, 5.41) is 5.69. The van der Waals surface area contributed by atoms with E-state index in [2.05, 4.69) is 16.7 Å². The Kier molecular flexibility index (Phi) is 5.64. The SMILES string of the molecule is CCC(=O)N1CCc2cc(CNC(=O)Nc3cc(C)ccc3OC)ccc21. The van der Waals surface area contributed by atoms with Crippen LogP contribution in [0.2, 0.25) is 0 Å². The van der Waals surface area contributed by atoms with Crippen LogP contribution in [0.3, 0.4) is 0 Å². The molecule has 0 aliphatic carbocycles. The first kappa shape index (κ1) is 18.8. The Morgan fingerprint density at radius 1 is 1.19 bits per heavy atom. The van der Waals surface area contributed by atoms with E-state index in [1.54, 1.807) is 7.11 Å². The lowest BCUT2D eigenvalue weighted by Gasteiger charge is -2.16. The lowest BCUT2D eigenvalue weighted by atomic mass is 10.1. The van der Waals surface area contributed by atoms with Crippen molar-refractivity contribution in [3.63, 3.8) is 0 Å². The maximum Gasteiger partial charge on any atom is 0.319 e. The molecule has 0 radical (unpaired) electrons. The minimum absolute atomic E-state index is 0.145. The Balaban J connectivity index is 1.62. The average Bonchev–Trinajstić information content (AvgIpc) is 3.09. The Morgan fingerprint density at radius 3 is 2.74 bits per heavy atom. The highest BCUT2D eigenvalue weighted by Crippen LogP contribution is 2.29. The summed E-state index contributed by atoms with van der Waals surface area (Å²) in [4.78, 5) is 26.1. The summed E-state index contributed by atoms with van der Waals surface area (Å²) < 4.78 is 5.28. The summed E-state index contributed by atoms with van der Waals surface area (Å²) in [6.07, 6.45) is 1.35. The Morgan fingerprint density at radius 2 is 2.00 bits per heavy atom. The van der Waals surface area contributed by atoms with Crippen LogP contribution in [-0.4, -0.2) is 25.6 Å². The molecule has 3 amide bonds. The highest BCUT2D eigenvalue weighted by atomic mass is 16.5.